The zero-order chi connectivity index (χ0) is 21.7. The van der Waals surface area contributed by atoms with Crippen molar-refractivity contribution in [2.24, 2.45) is 0 Å². The molecule has 0 spiro atoms. The lowest BCUT2D eigenvalue weighted by molar-refractivity contribution is 0.0739. The van der Waals surface area contributed by atoms with Gasteiger partial charge in [-0.05, 0) is 59.0 Å². The average Bonchev–Trinajstić information content (AvgIpc) is 3.53. The number of rotatable bonds is 4. The summed E-state index contributed by atoms with van der Waals surface area (Å²) >= 11 is 1.65. The number of nitrogens with zero attached hydrogens (tertiary/aromatic N) is 1. The van der Waals surface area contributed by atoms with E-state index in [0.29, 0.717) is 6.54 Å². The van der Waals surface area contributed by atoms with Crippen LogP contribution in [0.25, 0.3) is 22.2 Å². The lowest BCUT2D eigenvalue weighted by atomic mass is 9.93. The smallest absolute Gasteiger partial charge is 0.255 e. The van der Waals surface area contributed by atoms with Crippen molar-refractivity contribution in [3.05, 3.63) is 118 Å². The van der Waals surface area contributed by atoms with Crippen LogP contribution in [0.1, 0.15) is 32.4 Å². The van der Waals surface area contributed by atoms with Crippen molar-refractivity contribution in [3.63, 3.8) is 0 Å². The Balaban J connectivity index is 1.61. The normalized spacial score (nSPS) is 15.5. The van der Waals surface area contributed by atoms with E-state index in [9.17, 15) is 9.18 Å². The van der Waals surface area contributed by atoms with Crippen molar-refractivity contribution < 1.29 is 9.18 Å². The zero-order valence-corrected chi connectivity index (χ0v) is 17.9. The van der Waals surface area contributed by atoms with Gasteiger partial charge in [-0.15, -0.1) is 11.3 Å². The number of H-pyrrole nitrogens is 1. The van der Waals surface area contributed by atoms with Crippen molar-refractivity contribution in [3.8, 4) is 11.3 Å². The summed E-state index contributed by atoms with van der Waals surface area (Å²) in [7, 11) is 0. The highest BCUT2D eigenvalue weighted by Crippen LogP contribution is 2.46. The van der Waals surface area contributed by atoms with Crippen LogP contribution in [0.2, 0.25) is 0 Å². The van der Waals surface area contributed by atoms with Crippen LogP contribution in [-0.2, 0) is 6.54 Å². The van der Waals surface area contributed by atoms with Gasteiger partial charge in [-0.2, -0.15) is 0 Å². The summed E-state index contributed by atoms with van der Waals surface area (Å²) < 4.78 is 13.7. The molecule has 5 aromatic rings. The Kier molecular flexibility index (Phi) is 4.44. The molecule has 3 nitrogen and oxygen atoms in total. The number of fused-ring (bicyclic) bond motifs is 2. The Morgan fingerprint density at radius 2 is 1.69 bits per heavy atom. The van der Waals surface area contributed by atoms with Gasteiger partial charge in [-0.25, -0.2) is 4.39 Å². The molecule has 1 N–H and O–H groups in total. The number of para-hydroxylation sites is 1. The number of nitrogens with one attached hydrogen (secondary N) is 1. The summed E-state index contributed by atoms with van der Waals surface area (Å²) in [6.07, 6.45) is 0. The third-order valence-electron chi connectivity index (χ3n) is 6.12. The fourth-order valence-corrected chi connectivity index (χ4v) is 5.41. The monoisotopic (exact) mass is 438 g/mol. The van der Waals surface area contributed by atoms with Crippen molar-refractivity contribution >= 4 is 28.1 Å². The summed E-state index contributed by atoms with van der Waals surface area (Å²) in [4.78, 5) is 20.2. The number of aromatic nitrogens is 1. The van der Waals surface area contributed by atoms with Gasteiger partial charge in [0.25, 0.3) is 5.91 Å². The molecule has 0 fully saturated rings. The van der Waals surface area contributed by atoms with E-state index in [1.807, 2.05) is 58.8 Å². The summed E-state index contributed by atoms with van der Waals surface area (Å²) in [5.74, 6) is -0.235. The molecule has 1 atom stereocenters. The van der Waals surface area contributed by atoms with Crippen LogP contribution in [0.3, 0.4) is 0 Å². The molecule has 2 aromatic heterocycles. The topological polar surface area (TPSA) is 36.1 Å². The van der Waals surface area contributed by atoms with E-state index in [2.05, 4.69) is 17.1 Å². The molecule has 0 bridgehead atoms. The molecule has 5 heteroatoms. The number of carbonyl (C=O) groups is 1. The van der Waals surface area contributed by atoms with E-state index in [0.717, 1.165) is 43.7 Å². The van der Waals surface area contributed by atoms with Crippen molar-refractivity contribution in [2.45, 2.75) is 12.6 Å². The molecular formula is C27H19FN2OS. The second-order valence-electron chi connectivity index (χ2n) is 7.97. The maximum atomic E-state index is 13.7. The lowest BCUT2D eigenvalue weighted by Crippen LogP contribution is -2.28. The predicted molar refractivity (Wildman–Crippen MR) is 126 cm³/mol. The van der Waals surface area contributed by atoms with Crippen LogP contribution in [0, 0.1) is 5.82 Å². The Morgan fingerprint density at radius 1 is 0.906 bits per heavy atom. The quantitative estimate of drug-likeness (QED) is 0.330. The third-order valence-corrected chi connectivity index (χ3v) is 6.98. The molecule has 156 valence electrons. The van der Waals surface area contributed by atoms with Crippen LogP contribution in [0.4, 0.5) is 4.39 Å². The molecule has 1 aliphatic heterocycles. The second-order valence-corrected chi connectivity index (χ2v) is 9.00. The van der Waals surface area contributed by atoms with Gasteiger partial charge in [0.2, 0.25) is 0 Å². The van der Waals surface area contributed by atoms with E-state index in [1.54, 1.807) is 23.5 Å². The van der Waals surface area contributed by atoms with Gasteiger partial charge >= 0.3 is 0 Å². The molecule has 3 heterocycles. The Hall–Kier alpha value is -3.70. The number of hydrogen-bond acceptors (Lipinski definition) is 2. The number of thiophene rings is 1. The molecule has 0 saturated heterocycles. The van der Waals surface area contributed by atoms with Crippen LogP contribution in [0.5, 0.6) is 0 Å². The standard InChI is InChI=1S/C27H19FN2OS/c28-18-13-11-17(12-14-18)25-24(22-9-3-4-10-23(22)29-25)26-20-7-1-2-8-21(20)27(31)30(26)16-19-6-5-15-32-19/h1-15,26,29H,16H2/t26-/m0/s1. The van der Waals surface area contributed by atoms with Gasteiger partial charge < -0.3 is 9.88 Å². The SMILES string of the molecule is O=C1c2ccccc2[C@@H](c2c(-c3ccc(F)cc3)[nH]c3ccccc23)N1Cc1cccs1. The maximum absolute atomic E-state index is 13.7. The predicted octanol–water partition coefficient (Wildman–Crippen LogP) is 6.78. The molecule has 1 aliphatic rings. The van der Waals surface area contributed by atoms with Crippen molar-refractivity contribution in [1.82, 2.24) is 9.88 Å². The number of amides is 1. The summed E-state index contributed by atoms with van der Waals surface area (Å²) in [5.41, 5.74) is 5.59. The van der Waals surface area contributed by atoms with Gasteiger partial charge in [-0.3, -0.25) is 4.79 Å². The van der Waals surface area contributed by atoms with E-state index in [1.165, 1.54) is 12.1 Å². The first-order valence-electron chi connectivity index (χ1n) is 10.5. The molecule has 32 heavy (non-hydrogen) atoms. The Labute approximate surface area is 188 Å². The van der Waals surface area contributed by atoms with E-state index in [-0.39, 0.29) is 17.8 Å². The average molecular weight is 439 g/mol. The van der Waals surface area contributed by atoms with Crippen LogP contribution >= 0.6 is 11.3 Å². The van der Waals surface area contributed by atoms with Gasteiger partial charge in [0, 0.05) is 26.9 Å². The van der Waals surface area contributed by atoms with Crippen molar-refractivity contribution in [1.29, 1.82) is 0 Å². The van der Waals surface area contributed by atoms with Crippen LogP contribution in [0.15, 0.2) is 90.3 Å². The minimum absolute atomic E-state index is 0.0364. The number of benzene rings is 3. The third kappa shape index (κ3) is 2.97. The lowest BCUT2D eigenvalue weighted by Gasteiger charge is -2.26. The van der Waals surface area contributed by atoms with Gasteiger partial charge in [0.1, 0.15) is 5.82 Å². The van der Waals surface area contributed by atoms with Gasteiger partial charge in [0.15, 0.2) is 0 Å². The molecule has 6 rings (SSSR count). The molecule has 3 aromatic carbocycles. The Bertz CT molecular complexity index is 1440. The van der Waals surface area contributed by atoms with Gasteiger partial charge in [0.05, 0.1) is 18.3 Å². The zero-order valence-electron chi connectivity index (χ0n) is 17.1. The number of carbonyl (C=O) groups excluding carboxylic acids is 1. The fraction of sp³-hybridized carbons (Fsp3) is 0.0741. The van der Waals surface area contributed by atoms with Crippen LogP contribution in [-0.4, -0.2) is 15.8 Å². The maximum Gasteiger partial charge on any atom is 0.255 e. The van der Waals surface area contributed by atoms with Crippen LogP contribution < -0.4 is 0 Å². The number of hydrogen-bond donors (Lipinski definition) is 1. The first-order valence-corrected chi connectivity index (χ1v) is 11.4. The molecule has 0 saturated carbocycles. The molecular weight excluding hydrogens is 419 g/mol. The molecule has 0 unspecified atom stereocenters. The van der Waals surface area contributed by atoms with E-state index in [4.69, 9.17) is 0 Å². The molecule has 1 amide bonds. The summed E-state index contributed by atoms with van der Waals surface area (Å²) in [6.45, 7) is 0.540. The molecule has 0 aliphatic carbocycles. The highest BCUT2D eigenvalue weighted by atomic mass is 32.1. The number of aromatic amines is 1. The number of halogens is 1. The summed E-state index contributed by atoms with van der Waals surface area (Å²) in [5, 5.41) is 3.10. The first-order chi connectivity index (χ1) is 15.7. The highest BCUT2D eigenvalue weighted by Gasteiger charge is 2.40. The minimum atomic E-state index is -0.271. The molecule has 0 radical (unpaired) electrons. The summed E-state index contributed by atoms with van der Waals surface area (Å²) in [6, 6.07) is 26.3. The first kappa shape index (κ1) is 19.0. The minimum Gasteiger partial charge on any atom is -0.354 e. The second kappa shape index (κ2) is 7.46. The Morgan fingerprint density at radius 3 is 2.50 bits per heavy atom. The highest BCUT2D eigenvalue weighted by molar-refractivity contribution is 7.09. The van der Waals surface area contributed by atoms with E-state index < -0.39 is 0 Å². The van der Waals surface area contributed by atoms with Gasteiger partial charge in [-0.1, -0.05) is 42.5 Å². The van der Waals surface area contributed by atoms with Crippen molar-refractivity contribution in [2.75, 3.05) is 0 Å². The largest absolute Gasteiger partial charge is 0.354 e. The van der Waals surface area contributed by atoms with E-state index >= 15 is 0 Å². The fourth-order valence-electron chi connectivity index (χ4n) is 4.71.